The molecule has 1 amide bonds. The van der Waals surface area contributed by atoms with Crippen molar-refractivity contribution >= 4 is 72.4 Å². The van der Waals surface area contributed by atoms with Crippen molar-refractivity contribution < 1.29 is 9.53 Å². The van der Waals surface area contributed by atoms with Crippen molar-refractivity contribution in [1.29, 1.82) is 0 Å². The average Bonchev–Trinajstić information content (AvgIpc) is 2.90. The Bertz CT molecular complexity index is 922. The van der Waals surface area contributed by atoms with Gasteiger partial charge < -0.3 is 4.74 Å². The Balaban J connectivity index is 1.80. The summed E-state index contributed by atoms with van der Waals surface area (Å²) in [5.74, 6) is 0.489. The van der Waals surface area contributed by atoms with E-state index in [0.717, 1.165) is 20.1 Å². The Morgan fingerprint density at radius 3 is 2.56 bits per heavy atom. The number of amides is 1. The molecular formula is C19H15Br2ClN2O2S. The van der Waals surface area contributed by atoms with E-state index in [4.69, 9.17) is 16.3 Å². The smallest absolute Gasteiger partial charge is 0.266 e. The average molecular weight is 531 g/mol. The minimum Gasteiger partial charge on any atom is -0.486 e. The monoisotopic (exact) mass is 528 g/mol. The zero-order valence-corrected chi connectivity index (χ0v) is 19.2. The molecule has 3 rings (SSSR count). The van der Waals surface area contributed by atoms with E-state index in [2.05, 4.69) is 36.9 Å². The molecule has 2 aromatic rings. The molecule has 0 spiro atoms. The topological polar surface area (TPSA) is 41.9 Å². The van der Waals surface area contributed by atoms with E-state index in [9.17, 15) is 4.79 Å². The lowest BCUT2D eigenvalue weighted by Gasteiger charge is -2.11. The van der Waals surface area contributed by atoms with Crippen LogP contribution in [0.3, 0.4) is 0 Å². The lowest BCUT2D eigenvalue weighted by atomic mass is 10.2. The fourth-order valence-electron chi connectivity index (χ4n) is 2.44. The molecule has 0 bridgehead atoms. The van der Waals surface area contributed by atoms with Crippen LogP contribution in [0.25, 0.3) is 6.08 Å². The van der Waals surface area contributed by atoms with Gasteiger partial charge in [0.2, 0.25) is 0 Å². The summed E-state index contributed by atoms with van der Waals surface area (Å²) < 4.78 is 7.62. The summed E-state index contributed by atoms with van der Waals surface area (Å²) in [6, 6.07) is 11.6. The summed E-state index contributed by atoms with van der Waals surface area (Å²) >= 11 is 14.7. The zero-order chi connectivity index (χ0) is 19.6. The van der Waals surface area contributed by atoms with E-state index < -0.39 is 0 Å². The number of ether oxygens (including phenoxy) is 1. The highest BCUT2D eigenvalue weighted by molar-refractivity contribution is 9.10. The van der Waals surface area contributed by atoms with Crippen LogP contribution in [0.4, 0.5) is 0 Å². The van der Waals surface area contributed by atoms with Crippen LogP contribution in [-0.2, 0) is 11.4 Å². The van der Waals surface area contributed by atoms with E-state index in [1.807, 2.05) is 30.3 Å². The number of likely N-dealkylation sites (N-methyl/N-ethyl adjacent to an activating group) is 1. The van der Waals surface area contributed by atoms with Crippen molar-refractivity contribution in [3.63, 3.8) is 0 Å². The van der Waals surface area contributed by atoms with Gasteiger partial charge in [0, 0.05) is 18.6 Å². The van der Waals surface area contributed by atoms with Gasteiger partial charge in [-0.25, -0.2) is 0 Å². The predicted octanol–water partition coefficient (Wildman–Crippen LogP) is 5.98. The number of aliphatic imine (C=N–C) groups is 1. The van der Waals surface area contributed by atoms with Gasteiger partial charge in [-0.3, -0.25) is 14.7 Å². The van der Waals surface area contributed by atoms with Gasteiger partial charge >= 0.3 is 0 Å². The lowest BCUT2D eigenvalue weighted by molar-refractivity contribution is -0.121. The van der Waals surface area contributed by atoms with Crippen molar-refractivity contribution in [2.45, 2.75) is 6.61 Å². The Morgan fingerprint density at radius 2 is 1.96 bits per heavy atom. The molecule has 0 aliphatic carbocycles. The molecule has 0 aromatic heterocycles. The second-order valence-electron chi connectivity index (χ2n) is 5.71. The molecular weight excluding hydrogens is 516 g/mol. The summed E-state index contributed by atoms with van der Waals surface area (Å²) in [5.41, 5.74) is 1.85. The highest BCUT2D eigenvalue weighted by Gasteiger charge is 2.29. The molecule has 0 radical (unpaired) electrons. The van der Waals surface area contributed by atoms with Crippen LogP contribution in [0.5, 0.6) is 5.75 Å². The fraction of sp³-hybridized carbons (Fsp3) is 0.158. The summed E-state index contributed by atoms with van der Waals surface area (Å²) in [7, 11) is 3.38. The fourth-order valence-corrected chi connectivity index (χ4v) is 4.62. The third kappa shape index (κ3) is 4.77. The van der Waals surface area contributed by atoms with Gasteiger partial charge in [-0.2, -0.15) is 0 Å². The van der Waals surface area contributed by atoms with Crippen molar-refractivity contribution in [2.75, 3.05) is 14.1 Å². The van der Waals surface area contributed by atoms with Crippen LogP contribution in [0, 0.1) is 0 Å². The van der Waals surface area contributed by atoms with Crippen LogP contribution in [-0.4, -0.2) is 30.1 Å². The summed E-state index contributed by atoms with van der Waals surface area (Å²) in [6.07, 6.45) is 1.80. The zero-order valence-electron chi connectivity index (χ0n) is 14.5. The predicted molar refractivity (Wildman–Crippen MR) is 119 cm³/mol. The van der Waals surface area contributed by atoms with Crippen LogP contribution >= 0.6 is 55.2 Å². The number of benzene rings is 2. The first kappa shape index (κ1) is 20.5. The summed E-state index contributed by atoms with van der Waals surface area (Å²) in [5, 5.41) is 1.15. The summed E-state index contributed by atoms with van der Waals surface area (Å²) in [6.45, 7) is 0.404. The van der Waals surface area contributed by atoms with Crippen molar-refractivity contribution in [3.05, 3.63) is 66.4 Å². The van der Waals surface area contributed by atoms with Gasteiger partial charge in [-0.15, -0.1) is 0 Å². The number of thioether (sulfide) groups is 1. The Kier molecular flexibility index (Phi) is 6.68. The van der Waals surface area contributed by atoms with Crippen molar-refractivity contribution in [1.82, 2.24) is 4.90 Å². The van der Waals surface area contributed by atoms with E-state index >= 15 is 0 Å². The van der Waals surface area contributed by atoms with Gasteiger partial charge in [0.25, 0.3) is 5.91 Å². The minimum absolute atomic E-state index is 0.0802. The maximum Gasteiger partial charge on any atom is 0.266 e. The van der Waals surface area contributed by atoms with E-state index in [0.29, 0.717) is 27.5 Å². The molecule has 0 atom stereocenters. The van der Waals surface area contributed by atoms with Crippen LogP contribution < -0.4 is 4.74 Å². The molecule has 1 fully saturated rings. The minimum atomic E-state index is -0.0802. The van der Waals surface area contributed by atoms with Crippen LogP contribution in [0.1, 0.15) is 11.1 Å². The molecule has 0 N–H and O–H groups in total. The number of hydrogen-bond acceptors (Lipinski definition) is 4. The Hall–Kier alpha value is -1.28. The number of hydrogen-bond donors (Lipinski definition) is 0. The molecule has 0 saturated carbocycles. The normalized spacial score (nSPS) is 17.2. The largest absolute Gasteiger partial charge is 0.486 e. The number of carbonyl (C=O) groups excluding carboxylic acids is 1. The molecule has 8 heteroatoms. The first-order valence-electron chi connectivity index (χ1n) is 7.89. The lowest BCUT2D eigenvalue weighted by Crippen LogP contribution is -2.23. The molecule has 1 saturated heterocycles. The van der Waals surface area contributed by atoms with E-state index in [-0.39, 0.29) is 5.91 Å². The number of carbonyl (C=O) groups is 1. The molecule has 4 nitrogen and oxygen atoms in total. The Labute approximate surface area is 183 Å². The first-order chi connectivity index (χ1) is 12.9. The maximum atomic E-state index is 12.3. The van der Waals surface area contributed by atoms with Gasteiger partial charge in [-0.05, 0) is 69.2 Å². The molecule has 1 heterocycles. The Morgan fingerprint density at radius 1 is 1.26 bits per heavy atom. The molecule has 1 aliphatic heterocycles. The van der Waals surface area contributed by atoms with Crippen molar-refractivity contribution in [3.8, 4) is 5.75 Å². The number of halogens is 3. The van der Waals surface area contributed by atoms with Crippen LogP contribution in [0.2, 0.25) is 5.02 Å². The highest BCUT2D eigenvalue weighted by Crippen LogP contribution is 2.37. The number of amidine groups is 1. The first-order valence-corrected chi connectivity index (χ1v) is 10.7. The molecule has 1 aliphatic rings. The third-order valence-electron chi connectivity index (χ3n) is 3.81. The second-order valence-corrected chi connectivity index (χ2v) is 8.90. The van der Waals surface area contributed by atoms with Crippen LogP contribution in [0.15, 0.2) is 55.2 Å². The quantitative estimate of drug-likeness (QED) is 0.457. The third-order valence-corrected chi connectivity index (χ3v) is 6.36. The second kappa shape index (κ2) is 8.82. The highest BCUT2D eigenvalue weighted by atomic mass is 79.9. The SMILES string of the molecule is CN=C1S/C(=C\c2cc(Cl)c(OCc3ccc(Br)cc3)c(Br)c2)C(=O)N1C. The molecule has 140 valence electrons. The maximum absolute atomic E-state index is 12.3. The standard InChI is InChI=1S/C19H15Br2ClN2O2S/c1-23-19-24(2)18(25)16(27-19)9-12-7-14(21)17(15(22)8-12)26-10-11-3-5-13(20)6-4-11/h3-9H,10H2,1-2H3/b16-9-,23-19?. The summed E-state index contributed by atoms with van der Waals surface area (Å²) in [4.78, 5) is 18.5. The van der Waals surface area contributed by atoms with Gasteiger partial charge in [0.05, 0.1) is 14.4 Å². The molecule has 0 unspecified atom stereocenters. The molecule has 27 heavy (non-hydrogen) atoms. The van der Waals surface area contributed by atoms with E-state index in [1.54, 1.807) is 26.2 Å². The van der Waals surface area contributed by atoms with E-state index in [1.165, 1.54) is 16.7 Å². The van der Waals surface area contributed by atoms with Gasteiger partial charge in [-0.1, -0.05) is 39.7 Å². The number of nitrogens with zero attached hydrogens (tertiary/aromatic N) is 2. The molecule has 2 aromatic carbocycles. The number of rotatable bonds is 4. The van der Waals surface area contributed by atoms with Gasteiger partial charge in [0.15, 0.2) is 10.9 Å². The van der Waals surface area contributed by atoms with Crippen molar-refractivity contribution in [2.24, 2.45) is 4.99 Å². The van der Waals surface area contributed by atoms with Gasteiger partial charge in [0.1, 0.15) is 6.61 Å².